The summed E-state index contributed by atoms with van der Waals surface area (Å²) in [7, 11) is 0. The van der Waals surface area contributed by atoms with E-state index in [0.29, 0.717) is 34.3 Å². The van der Waals surface area contributed by atoms with Crippen LogP contribution >= 0.6 is 11.3 Å². The zero-order valence-corrected chi connectivity index (χ0v) is 16.6. The summed E-state index contributed by atoms with van der Waals surface area (Å²) in [5.41, 5.74) is 1.31. The second kappa shape index (κ2) is 8.77. The van der Waals surface area contributed by atoms with Crippen LogP contribution in [0.3, 0.4) is 0 Å². The summed E-state index contributed by atoms with van der Waals surface area (Å²) < 4.78 is 5.24. The molecule has 8 heteroatoms. The molecular weight excluding hydrogens is 366 g/mol. The number of nitrogens with zero attached hydrogens (tertiary/aromatic N) is 1. The van der Waals surface area contributed by atoms with E-state index < -0.39 is 6.09 Å². The molecule has 27 heavy (non-hydrogen) atoms. The van der Waals surface area contributed by atoms with Gasteiger partial charge < -0.3 is 15.4 Å². The molecule has 2 amide bonds. The summed E-state index contributed by atoms with van der Waals surface area (Å²) in [6.45, 7) is 7.02. The molecule has 1 aromatic heterocycles. The number of aromatic nitrogens is 1. The average molecular weight is 389 g/mol. The maximum atomic E-state index is 11.8. The molecule has 0 fully saturated rings. The van der Waals surface area contributed by atoms with Gasteiger partial charge in [-0.05, 0) is 51.3 Å². The van der Waals surface area contributed by atoms with Crippen molar-refractivity contribution in [2.75, 3.05) is 5.32 Å². The monoisotopic (exact) mass is 389 g/mol. The topological polar surface area (TPSA) is 97.4 Å². The lowest BCUT2D eigenvalue weighted by atomic mass is 10.1. The molecule has 144 valence electrons. The first-order valence-corrected chi connectivity index (χ1v) is 9.29. The van der Waals surface area contributed by atoms with E-state index in [0.717, 1.165) is 23.2 Å². The standard InChI is InChI=1S/C19H23N3O4S/c1-12(24)20-17-21-15(16(11-23)27-17)10-7-13-5-8-14(9-6-13)26-18(25)22-19(2,3)4/h5-6,8-9,11H,7,10H2,1-4H3,(H,22,25)(H,20,21,24). The number of anilines is 1. The Morgan fingerprint density at radius 3 is 2.41 bits per heavy atom. The van der Waals surface area contributed by atoms with E-state index in [4.69, 9.17) is 4.74 Å². The van der Waals surface area contributed by atoms with Gasteiger partial charge in [0.1, 0.15) is 5.75 Å². The van der Waals surface area contributed by atoms with Gasteiger partial charge in [0.15, 0.2) is 11.4 Å². The number of ether oxygens (including phenoxy) is 1. The lowest BCUT2D eigenvalue weighted by Gasteiger charge is -2.19. The molecule has 0 saturated heterocycles. The van der Waals surface area contributed by atoms with Crippen LogP contribution in [0.25, 0.3) is 0 Å². The average Bonchev–Trinajstić information content (AvgIpc) is 2.93. The van der Waals surface area contributed by atoms with E-state index in [1.54, 1.807) is 12.1 Å². The molecule has 0 bridgehead atoms. The van der Waals surface area contributed by atoms with E-state index in [9.17, 15) is 14.4 Å². The predicted molar refractivity (Wildman–Crippen MR) is 105 cm³/mol. The van der Waals surface area contributed by atoms with Crippen LogP contribution < -0.4 is 15.4 Å². The van der Waals surface area contributed by atoms with Gasteiger partial charge in [-0.15, -0.1) is 0 Å². The molecule has 0 aliphatic heterocycles. The van der Waals surface area contributed by atoms with Crippen molar-refractivity contribution in [3.05, 3.63) is 40.4 Å². The Bertz CT molecular complexity index is 822. The third kappa shape index (κ3) is 6.82. The van der Waals surface area contributed by atoms with Crippen molar-refractivity contribution in [2.45, 2.75) is 46.1 Å². The Labute approximate surface area is 162 Å². The number of carbonyl (C=O) groups is 3. The van der Waals surface area contributed by atoms with Gasteiger partial charge in [-0.1, -0.05) is 23.5 Å². The Kier molecular flexibility index (Phi) is 6.68. The molecule has 0 atom stereocenters. The molecule has 0 unspecified atom stereocenters. The number of aryl methyl sites for hydroxylation is 2. The Balaban J connectivity index is 1.95. The van der Waals surface area contributed by atoms with Gasteiger partial charge in [0.2, 0.25) is 5.91 Å². The summed E-state index contributed by atoms with van der Waals surface area (Å²) in [5, 5.41) is 5.75. The van der Waals surface area contributed by atoms with Crippen molar-refractivity contribution < 1.29 is 19.1 Å². The fourth-order valence-electron chi connectivity index (χ4n) is 2.26. The first kappa shape index (κ1) is 20.6. The number of hydrogen-bond donors (Lipinski definition) is 2. The molecule has 0 spiro atoms. The summed E-state index contributed by atoms with van der Waals surface area (Å²) in [6, 6.07) is 7.17. The molecule has 0 aliphatic rings. The van der Waals surface area contributed by atoms with Gasteiger partial charge in [-0.2, -0.15) is 0 Å². The second-order valence-corrected chi connectivity index (χ2v) is 8.07. The minimum absolute atomic E-state index is 0.223. The van der Waals surface area contributed by atoms with Crippen molar-refractivity contribution >= 4 is 34.8 Å². The van der Waals surface area contributed by atoms with Gasteiger partial charge in [0.05, 0.1) is 10.6 Å². The minimum atomic E-state index is -0.501. The highest BCUT2D eigenvalue weighted by Crippen LogP contribution is 2.23. The number of thiazole rings is 1. The van der Waals surface area contributed by atoms with Crippen LogP contribution in [0, 0.1) is 0 Å². The smallest absolute Gasteiger partial charge is 0.410 e. The summed E-state index contributed by atoms with van der Waals surface area (Å²) in [6.07, 6.45) is 1.48. The van der Waals surface area contributed by atoms with Crippen molar-refractivity contribution in [2.24, 2.45) is 0 Å². The first-order chi connectivity index (χ1) is 12.7. The van der Waals surface area contributed by atoms with Crippen LogP contribution in [0.4, 0.5) is 9.93 Å². The Morgan fingerprint density at radius 2 is 1.85 bits per heavy atom. The van der Waals surface area contributed by atoms with Crippen LogP contribution in [0.15, 0.2) is 24.3 Å². The molecule has 0 aliphatic carbocycles. The van der Waals surface area contributed by atoms with Crippen molar-refractivity contribution in [3.63, 3.8) is 0 Å². The second-order valence-electron chi connectivity index (χ2n) is 7.04. The molecule has 2 rings (SSSR count). The largest absolute Gasteiger partial charge is 0.413 e. The van der Waals surface area contributed by atoms with Crippen LogP contribution in [-0.2, 0) is 17.6 Å². The van der Waals surface area contributed by atoms with E-state index in [1.807, 2.05) is 32.9 Å². The minimum Gasteiger partial charge on any atom is -0.410 e. The number of hydrogen-bond acceptors (Lipinski definition) is 6. The highest BCUT2D eigenvalue weighted by molar-refractivity contribution is 7.17. The lowest BCUT2D eigenvalue weighted by molar-refractivity contribution is -0.114. The Morgan fingerprint density at radius 1 is 1.19 bits per heavy atom. The molecule has 7 nitrogen and oxygen atoms in total. The SMILES string of the molecule is CC(=O)Nc1nc(CCc2ccc(OC(=O)NC(C)(C)C)cc2)c(C=O)s1. The first-order valence-electron chi connectivity index (χ1n) is 8.47. The predicted octanol–water partition coefficient (Wildman–Crippen LogP) is 3.59. The maximum Gasteiger partial charge on any atom is 0.413 e. The Hall–Kier alpha value is -2.74. The summed E-state index contributed by atoms with van der Waals surface area (Å²) >= 11 is 1.16. The van der Waals surface area contributed by atoms with Crippen molar-refractivity contribution in [3.8, 4) is 5.75 Å². The molecule has 1 aromatic carbocycles. The van der Waals surface area contributed by atoms with Gasteiger partial charge in [-0.25, -0.2) is 9.78 Å². The number of rotatable bonds is 6. The lowest BCUT2D eigenvalue weighted by Crippen LogP contribution is -2.42. The normalized spacial score (nSPS) is 11.0. The van der Waals surface area contributed by atoms with Gasteiger partial charge in [0, 0.05) is 12.5 Å². The molecule has 2 aromatic rings. The van der Waals surface area contributed by atoms with Crippen LogP contribution in [0.1, 0.15) is 48.6 Å². The third-order valence-electron chi connectivity index (χ3n) is 3.38. The summed E-state index contributed by atoms with van der Waals surface area (Å²) in [5.74, 6) is 0.231. The highest BCUT2D eigenvalue weighted by atomic mass is 32.1. The third-order valence-corrected chi connectivity index (χ3v) is 4.32. The molecule has 1 heterocycles. The fourth-order valence-corrected chi connectivity index (χ4v) is 3.14. The van der Waals surface area contributed by atoms with Crippen molar-refractivity contribution in [1.82, 2.24) is 10.3 Å². The van der Waals surface area contributed by atoms with Gasteiger partial charge >= 0.3 is 6.09 Å². The number of benzene rings is 1. The summed E-state index contributed by atoms with van der Waals surface area (Å²) in [4.78, 5) is 38.9. The fraction of sp³-hybridized carbons (Fsp3) is 0.368. The van der Waals surface area contributed by atoms with Gasteiger partial charge in [0.25, 0.3) is 0 Å². The van der Waals surface area contributed by atoms with Crippen LogP contribution in [0.2, 0.25) is 0 Å². The maximum absolute atomic E-state index is 11.8. The van der Waals surface area contributed by atoms with Crippen LogP contribution in [-0.4, -0.2) is 28.8 Å². The molecular formula is C19H23N3O4S. The number of carbonyl (C=O) groups excluding carboxylic acids is 3. The van der Waals surface area contributed by atoms with E-state index in [-0.39, 0.29) is 11.4 Å². The quantitative estimate of drug-likeness (QED) is 0.736. The number of amides is 2. The molecule has 2 N–H and O–H groups in total. The van der Waals surface area contributed by atoms with E-state index >= 15 is 0 Å². The van der Waals surface area contributed by atoms with Crippen molar-refractivity contribution in [1.29, 1.82) is 0 Å². The number of aldehydes is 1. The zero-order chi connectivity index (χ0) is 20.0. The molecule has 0 saturated carbocycles. The van der Waals surface area contributed by atoms with Crippen LogP contribution in [0.5, 0.6) is 5.75 Å². The molecule has 0 radical (unpaired) electrons. The zero-order valence-electron chi connectivity index (χ0n) is 15.8. The highest BCUT2D eigenvalue weighted by Gasteiger charge is 2.15. The number of nitrogens with one attached hydrogen (secondary N) is 2. The van der Waals surface area contributed by atoms with E-state index in [1.165, 1.54) is 6.92 Å². The van der Waals surface area contributed by atoms with E-state index in [2.05, 4.69) is 15.6 Å². The van der Waals surface area contributed by atoms with Gasteiger partial charge in [-0.3, -0.25) is 9.59 Å².